The molecule has 112 valence electrons. The summed E-state index contributed by atoms with van der Waals surface area (Å²) in [6.45, 7) is 8.51. The fraction of sp³-hybridized carbons (Fsp3) is 1.00. The Kier molecular flexibility index (Phi) is 133. The summed E-state index contributed by atoms with van der Waals surface area (Å²) in [5.41, 5.74) is 0. The fourth-order valence-corrected chi connectivity index (χ4v) is 0.158. The Bertz CT molecular complexity index is 48.2. The zero-order valence-corrected chi connectivity index (χ0v) is 12.2. The zero-order valence-electron chi connectivity index (χ0n) is 12.2. The molecule has 0 unspecified atom stereocenters. The van der Waals surface area contributed by atoms with E-state index < -0.39 is 0 Å². The van der Waals surface area contributed by atoms with Crippen molar-refractivity contribution in [2.24, 2.45) is 0 Å². The standard InChI is InChI=1S/C4H10O.C3H8O.2C2H6O.CH4O/c1-2-3-4-5;1-2-3-4;2*1-2-3;1-2/h5H,2-4H2,1H3;4H,2-3H2,1H3;2*3H,2H2,1H3;2H,1H3. The van der Waals surface area contributed by atoms with Crippen LogP contribution >= 0.6 is 0 Å². The van der Waals surface area contributed by atoms with Crippen molar-refractivity contribution < 1.29 is 25.5 Å². The van der Waals surface area contributed by atoms with Crippen molar-refractivity contribution in [1.29, 1.82) is 0 Å². The van der Waals surface area contributed by atoms with E-state index in [9.17, 15) is 0 Å². The molecule has 0 aromatic rings. The number of aliphatic hydroxyl groups is 5. The van der Waals surface area contributed by atoms with Gasteiger partial charge in [0.2, 0.25) is 0 Å². The first kappa shape index (κ1) is 30.1. The minimum Gasteiger partial charge on any atom is -0.400 e. The topological polar surface area (TPSA) is 101 Å². The molecule has 0 aliphatic heterocycles. The Morgan fingerprint density at radius 2 is 0.824 bits per heavy atom. The van der Waals surface area contributed by atoms with Gasteiger partial charge in [0.05, 0.1) is 0 Å². The van der Waals surface area contributed by atoms with E-state index in [0.717, 1.165) is 26.4 Å². The van der Waals surface area contributed by atoms with Crippen LogP contribution in [0.3, 0.4) is 0 Å². The lowest BCUT2D eigenvalue weighted by Gasteiger charge is -1.79. The van der Waals surface area contributed by atoms with E-state index in [1.165, 1.54) is 0 Å². The highest BCUT2D eigenvalue weighted by Crippen LogP contribution is 1.78. The summed E-state index contributed by atoms with van der Waals surface area (Å²) in [5, 5.41) is 38.1. The first-order chi connectivity index (χ1) is 8.16. The third-order valence-corrected chi connectivity index (χ3v) is 0.735. The molecule has 0 saturated heterocycles. The van der Waals surface area contributed by atoms with Gasteiger partial charge in [-0.15, -0.1) is 0 Å². The van der Waals surface area contributed by atoms with Gasteiger partial charge in [-0.1, -0.05) is 20.3 Å². The number of hydrogen-bond donors (Lipinski definition) is 5. The van der Waals surface area contributed by atoms with Gasteiger partial charge < -0.3 is 25.5 Å². The lowest BCUT2D eigenvalue weighted by atomic mass is 10.4. The van der Waals surface area contributed by atoms with E-state index in [-0.39, 0.29) is 13.2 Å². The van der Waals surface area contributed by atoms with Gasteiger partial charge in [-0.2, -0.15) is 0 Å². The largest absolute Gasteiger partial charge is 0.400 e. The maximum atomic E-state index is 8.07. The van der Waals surface area contributed by atoms with Crippen LogP contribution in [0, 0.1) is 0 Å². The average molecular weight is 258 g/mol. The van der Waals surface area contributed by atoms with Crippen molar-refractivity contribution >= 4 is 0 Å². The average Bonchev–Trinajstić information content (AvgIpc) is 2.35. The molecular formula is C12H34O5. The molecular weight excluding hydrogens is 224 g/mol. The van der Waals surface area contributed by atoms with E-state index in [2.05, 4.69) is 6.92 Å². The van der Waals surface area contributed by atoms with Crippen molar-refractivity contribution in [2.75, 3.05) is 33.5 Å². The molecule has 5 heteroatoms. The second kappa shape index (κ2) is 74.8. The van der Waals surface area contributed by atoms with Crippen LogP contribution in [-0.2, 0) is 0 Å². The summed E-state index contributed by atoms with van der Waals surface area (Å²) in [7, 11) is 1.00. The Labute approximate surface area is 107 Å². The summed E-state index contributed by atoms with van der Waals surface area (Å²) in [6.07, 6.45) is 2.91. The zero-order chi connectivity index (χ0) is 14.9. The lowest BCUT2D eigenvalue weighted by molar-refractivity contribution is 0.287. The summed E-state index contributed by atoms with van der Waals surface area (Å²) >= 11 is 0. The molecule has 0 aromatic heterocycles. The Morgan fingerprint density at radius 1 is 0.588 bits per heavy atom. The minimum atomic E-state index is 0.250. The van der Waals surface area contributed by atoms with Gasteiger partial charge in [0.15, 0.2) is 0 Å². The molecule has 5 nitrogen and oxygen atoms in total. The number of unbranched alkanes of at least 4 members (excludes halogenated alkanes) is 1. The van der Waals surface area contributed by atoms with Crippen LogP contribution in [0.2, 0.25) is 0 Å². The summed E-state index contributed by atoms with van der Waals surface area (Å²) < 4.78 is 0. The summed E-state index contributed by atoms with van der Waals surface area (Å²) in [4.78, 5) is 0. The second-order valence-corrected chi connectivity index (χ2v) is 2.43. The SMILES string of the molecule is CCCCO.CCCO.CCO.CCO.CO. The van der Waals surface area contributed by atoms with Crippen LogP contribution in [0.25, 0.3) is 0 Å². The molecule has 0 aliphatic carbocycles. The number of rotatable bonds is 3. The van der Waals surface area contributed by atoms with Crippen molar-refractivity contribution in [2.45, 2.75) is 47.0 Å². The van der Waals surface area contributed by atoms with Crippen LogP contribution in [0.1, 0.15) is 47.0 Å². The molecule has 0 atom stereocenters. The number of hydrogen-bond acceptors (Lipinski definition) is 5. The van der Waals surface area contributed by atoms with E-state index >= 15 is 0 Å². The normalized spacial score (nSPS) is 6.71. The van der Waals surface area contributed by atoms with Gasteiger partial charge in [-0.3, -0.25) is 0 Å². The fourth-order valence-electron chi connectivity index (χ4n) is 0.158. The minimum absolute atomic E-state index is 0.250. The maximum Gasteiger partial charge on any atom is 0.0430 e. The highest BCUT2D eigenvalue weighted by molar-refractivity contribution is 4.23. The molecule has 0 radical (unpaired) electrons. The predicted octanol–water partition coefficient (Wildman–Crippen LogP) is 0.773. The summed E-state index contributed by atoms with van der Waals surface area (Å²) in [6, 6.07) is 0. The predicted molar refractivity (Wildman–Crippen MR) is 73.0 cm³/mol. The van der Waals surface area contributed by atoms with Crippen molar-refractivity contribution in [3.05, 3.63) is 0 Å². The van der Waals surface area contributed by atoms with Gasteiger partial charge >= 0.3 is 0 Å². The first-order valence-electron chi connectivity index (χ1n) is 6.04. The van der Waals surface area contributed by atoms with E-state index in [4.69, 9.17) is 25.5 Å². The van der Waals surface area contributed by atoms with Gasteiger partial charge in [0, 0.05) is 33.5 Å². The molecule has 0 amide bonds. The molecule has 5 N–H and O–H groups in total. The smallest absolute Gasteiger partial charge is 0.0430 e. The van der Waals surface area contributed by atoms with Crippen LogP contribution in [-0.4, -0.2) is 59.1 Å². The molecule has 0 rings (SSSR count). The lowest BCUT2D eigenvalue weighted by Crippen LogP contribution is -1.75. The van der Waals surface area contributed by atoms with Gasteiger partial charge in [0.25, 0.3) is 0 Å². The molecule has 0 fully saturated rings. The van der Waals surface area contributed by atoms with E-state index in [1.54, 1.807) is 13.8 Å². The highest BCUT2D eigenvalue weighted by atomic mass is 16.3. The third-order valence-electron chi connectivity index (χ3n) is 0.735. The second-order valence-electron chi connectivity index (χ2n) is 2.43. The van der Waals surface area contributed by atoms with Gasteiger partial charge in [-0.25, -0.2) is 0 Å². The van der Waals surface area contributed by atoms with Crippen LogP contribution in [0.15, 0.2) is 0 Å². The van der Waals surface area contributed by atoms with Crippen LogP contribution in [0.5, 0.6) is 0 Å². The monoisotopic (exact) mass is 258 g/mol. The van der Waals surface area contributed by atoms with Crippen molar-refractivity contribution in [3.8, 4) is 0 Å². The van der Waals surface area contributed by atoms with E-state index in [1.807, 2.05) is 6.92 Å². The van der Waals surface area contributed by atoms with Crippen molar-refractivity contribution in [3.63, 3.8) is 0 Å². The summed E-state index contributed by atoms with van der Waals surface area (Å²) in [5.74, 6) is 0. The first-order valence-corrected chi connectivity index (χ1v) is 6.04. The molecule has 0 bridgehead atoms. The Balaban J connectivity index is -0.0000000367. The van der Waals surface area contributed by atoms with Gasteiger partial charge in [-0.05, 0) is 26.7 Å². The van der Waals surface area contributed by atoms with Crippen LogP contribution < -0.4 is 0 Å². The van der Waals surface area contributed by atoms with Crippen LogP contribution in [0.4, 0.5) is 0 Å². The Hall–Kier alpha value is -0.200. The van der Waals surface area contributed by atoms with Crippen molar-refractivity contribution in [1.82, 2.24) is 0 Å². The highest BCUT2D eigenvalue weighted by Gasteiger charge is 1.69. The molecule has 0 aliphatic rings. The van der Waals surface area contributed by atoms with E-state index in [0.29, 0.717) is 13.2 Å². The van der Waals surface area contributed by atoms with Gasteiger partial charge in [0.1, 0.15) is 0 Å². The Morgan fingerprint density at radius 3 is 0.824 bits per heavy atom. The third kappa shape index (κ3) is 384. The number of aliphatic hydroxyl groups excluding tert-OH is 5. The molecule has 0 heterocycles. The molecule has 0 aromatic carbocycles. The molecule has 17 heavy (non-hydrogen) atoms. The maximum absolute atomic E-state index is 8.07. The molecule has 0 spiro atoms. The quantitative estimate of drug-likeness (QED) is 0.515. The molecule has 0 saturated carbocycles.